The van der Waals surface area contributed by atoms with Gasteiger partial charge in [-0.05, 0) is 124 Å². The summed E-state index contributed by atoms with van der Waals surface area (Å²) in [5, 5.41) is 0. The molecule has 2 nitrogen and oxygen atoms in total. The first kappa shape index (κ1) is 99.9. The van der Waals surface area contributed by atoms with Crippen LogP contribution in [0.3, 0.4) is 0 Å². The summed E-state index contributed by atoms with van der Waals surface area (Å²) in [7, 11) is 0. The zero-order valence-electron chi connectivity index (χ0n) is 73.2. The fourth-order valence-electron chi connectivity index (χ4n) is 16.1. The molecule has 2 aromatic rings. The van der Waals surface area contributed by atoms with Crippen LogP contribution >= 0.6 is 0 Å². The molecule has 2 aromatic carbocycles. The van der Waals surface area contributed by atoms with Crippen LogP contribution in [0, 0.1) is 21.6 Å². The van der Waals surface area contributed by atoms with Gasteiger partial charge in [-0.2, -0.15) is 0 Å². The molecule has 3 heteroatoms. The van der Waals surface area contributed by atoms with Gasteiger partial charge in [-0.1, -0.05) is 374 Å². The number of aryl methyl sites for hydroxylation is 4. The van der Waals surface area contributed by atoms with Crippen molar-refractivity contribution in [2.24, 2.45) is 0 Å². The summed E-state index contributed by atoms with van der Waals surface area (Å²) < 4.78 is 1.73. The minimum atomic E-state index is 1.00. The molecule has 0 saturated heterocycles. The van der Waals surface area contributed by atoms with Gasteiger partial charge in [-0.15, -0.1) is 0 Å². The van der Waals surface area contributed by atoms with Crippen LogP contribution in [0.15, 0.2) is 59.7 Å². The maximum Gasteiger partial charge on any atom is 0.215 e. The van der Waals surface area contributed by atoms with E-state index in [0.29, 0.717) is 0 Å². The molecular formula is C104H180N2Ni. The van der Waals surface area contributed by atoms with Crippen LogP contribution in [0.4, 0.5) is 0 Å². The maximum atomic E-state index is 13.2. The van der Waals surface area contributed by atoms with Crippen LogP contribution < -0.4 is 0 Å². The summed E-state index contributed by atoms with van der Waals surface area (Å²) in [5.74, 6) is 6.44. The van der Waals surface area contributed by atoms with Crippen molar-refractivity contribution in [3.63, 3.8) is 0 Å². The number of unbranched alkanes of at least 4 members (excludes halogenated alkanes) is 61. The third kappa shape index (κ3) is 57.5. The largest absolute Gasteiger partial charge is 0.493 e. The number of allylic oxidation sites excluding steroid dienone is 4. The Bertz CT molecular complexity index is 2520. The van der Waals surface area contributed by atoms with Crippen molar-refractivity contribution in [1.82, 2.24) is 0 Å². The molecule has 0 atom stereocenters. The Labute approximate surface area is 676 Å². The van der Waals surface area contributed by atoms with Crippen LogP contribution in [0.5, 0.6) is 0 Å². The Kier molecular flexibility index (Phi) is 73.0. The summed E-state index contributed by atoms with van der Waals surface area (Å²) in [6, 6.07) is 15.1. The monoisotopic (exact) mass is 1520 g/mol. The standard InChI is InChI=1S/C84H146N2.2C10H17.Ni/c1-7-13-19-23-26-29-32-35-38-41-44-47-50-53-56-62-68-82-81(67-61-22-16-10-4)83(79-71-75(63-57-17-11-5)69-77(73-79)65-59-54-51-48-45-42-39-36-33-30-27-24-20-14-8-2)86(85)84(82)80-72-76(64-58-18-12-6)70-78(74-80)66-60-55-52-49-46-43-40-37-34-31-28-25-21-15-9-3;2*1-3-5-7-9-10-8-6-4-2;/h62,68-74H,7-61,63-67H2,1-6H3;2*3,5-10H2,1H3;. The van der Waals surface area contributed by atoms with E-state index in [4.69, 9.17) is 0 Å². The number of nitrogens with zero attached hydrogens (tertiary/aromatic N) is 2. The summed E-state index contributed by atoms with van der Waals surface area (Å²) in [5.41, 5.74) is 26.4. The topological polar surface area (TPSA) is 25.3 Å². The Morgan fingerprint density at radius 2 is 0.486 bits per heavy atom. The van der Waals surface area contributed by atoms with E-state index in [1.54, 1.807) is 4.70 Å². The van der Waals surface area contributed by atoms with Gasteiger partial charge >= 0.3 is 140 Å². The molecule has 0 bridgehead atoms. The summed E-state index contributed by atoms with van der Waals surface area (Å²) >= 11 is 1.30. The molecule has 1 aliphatic heterocycles. The average Bonchev–Trinajstić information content (AvgIpc) is 1.61. The van der Waals surface area contributed by atoms with Crippen LogP contribution in [0.25, 0.3) is 16.9 Å². The minimum absolute atomic E-state index is 1.00. The molecule has 0 radical (unpaired) electrons. The second kappa shape index (κ2) is 78.2. The minimum Gasteiger partial charge on any atom is -0.493 e. The normalized spacial score (nSPS) is 12.3. The molecule has 1 heterocycles. The number of hydrogen-bond donors (Lipinski definition) is 0. The van der Waals surface area contributed by atoms with Gasteiger partial charge in [-0.25, -0.2) is 4.70 Å². The van der Waals surface area contributed by atoms with E-state index in [9.17, 15) is 5.53 Å². The zero-order chi connectivity index (χ0) is 76.9. The van der Waals surface area contributed by atoms with Gasteiger partial charge in [0.2, 0.25) is 11.4 Å². The van der Waals surface area contributed by atoms with Gasteiger partial charge in [0, 0.05) is 16.7 Å². The van der Waals surface area contributed by atoms with Gasteiger partial charge < -0.3 is 5.53 Å². The molecule has 0 fully saturated rings. The van der Waals surface area contributed by atoms with E-state index < -0.39 is 0 Å². The predicted octanol–water partition coefficient (Wildman–Crippen LogP) is 36.0. The SMILES string of the molecule is CCCCCCCCC#[C][Ni][C]#CCCCCCCCC.CCCCCCCCCCCCCCCCC=CC1=C(c2cc(CCCCC)cc(CCCCCCCCCCCCCCCCC)c2)[N+](=[N-])C(c2cc(CCCCC)cc(CCCCCCCCCCCCCCCCC)c2)=C1CCCCCC. The first-order valence-electron chi connectivity index (χ1n) is 48.3. The second-order valence-electron chi connectivity index (χ2n) is 33.5. The van der Waals surface area contributed by atoms with E-state index in [1.165, 1.54) is 476 Å². The van der Waals surface area contributed by atoms with Crippen molar-refractivity contribution in [2.75, 3.05) is 0 Å². The van der Waals surface area contributed by atoms with Crippen LogP contribution in [-0.4, -0.2) is 4.70 Å². The van der Waals surface area contributed by atoms with E-state index >= 15 is 0 Å². The molecule has 0 amide bonds. The fraction of sp³-hybridized carbons (Fsp3) is 0.788. The molecule has 107 heavy (non-hydrogen) atoms. The fourth-order valence-corrected chi connectivity index (χ4v) is 16.6. The van der Waals surface area contributed by atoms with E-state index in [1.807, 2.05) is 0 Å². The molecule has 3 rings (SSSR count). The Balaban J connectivity index is 0.00000159. The molecule has 1 aliphatic rings. The smallest absolute Gasteiger partial charge is 0.215 e. The van der Waals surface area contributed by atoms with Crippen molar-refractivity contribution >= 4 is 11.4 Å². The van der Waals surface area contributed by atoms with E-state index in [-0.39, 0.29) is 0 Å². The Morgan fingerprint density at radius 3 is 0.785 bits per heavy atom. The van der Waals surface area contributed by atoms with Gasteiger partial charge in [0.25, 0.3) is 0 Å². The Morgan fingerprint density at radius 1 is 0.262 bits per heavy atom. The van der Waals surface area contributed by atoms with Crippen LogP contribution in [-0.2, 0) is 40.1 Å². The second-order valence-corrected chi connectivity index (χ2v) is 34.3. The molecule has 0 saturated carbocycles. The molecule has 0 aromatic heterocycles. The van der Waals surface area contributed by atoms with Crippen molar-refractivity contribution < 1.29 is 19.1 Å². The van der Waals surface area contributed by atoms with Crippen LogP contribution in [0.1, 0.15) is 538 Å². The summed E-state index contributed by atoms with van der Waals surface area (Å²) in [4.78, 5) is 6.24. The van der Waals surface area contributed by atoms with Crippen molar-refractivity contribution in [1.29, 1.82) is 0 Å². The Hall–Kier alpha value is -3.13. The van der Waals surface area contributed by atoms with Crippen molar-refractivity contribution in [3.8, 4) is 21.6 Å². The molecule has 0 unspecified atom stereocenters. The molecule has 0 spiro atoms. The maximum absolute atomic E-state index is 13.2. The van der Waals surface area contributed by atoms with Gasteiger partial charge in [0.05, 0.1) is 5.57 Å². The van der Waals surface area contributed by atoms with Crippen molar-refractivity contribution in [3.05, 3.63) is 98.6 Å². The molecule has 616 valence electrons. The first-order chi connectivity index (χ1) is 52.9. The summed E-state index contributed by atoms with van der Waals surface area (Å²) in [6.07, 6.45) is 104. The molecule has 0 N–H and O–H groups in total. The van der Waals surface area contributed by atoms with Gasteiger partial charge in [-0.3, -0.25) is 0 Å². The average molecular weight is 1520 g/mol. The third-order valence-electron chi connectivity index (χ3n) is 23.0. The van der Waals surface area contributed by atoms with Gasteiger partial charge in [0.1, 0.15) is 0 Å². The van der Waals surface area contributed by atoms with Gasteiger partial charge in [0.15, 0.2) is 0 Å². The third-order valence-corrected chi connectivity index (χ3v) is 23.6. The van der Waals surface area contributed by atoms with E-state index in [2.05, 4.69) is 126 Å². The number of hydrogen-bond acceptors (Lipinski definition) is 0. The quantitative estimate of drug-likeness (QED) is 0.0273. The molecule has 0 aliphatic carbocycles. The zero-order valence-corrected chi connectivity index (χ0v) is 74.1. The number of benzene rings is 2. The van der Waals surface area contributed by atoms with Crippen molar-refractivity contribution in [2.45, 2.75) is 531 Å². The molecular weight excluding hydrogens is 1340 g/mol. The van der Waals surface area contributed by atoms with Crippen LogP contribution in [0.2, 0.25) is 0 Å². The van der Waals surface area contributed by atoms with E-state index in [0.717, 1.165) is 69.2 Å². The predicted molar refractivity (Wildman–Crippen MR) is 478 cm³/mol. The summed E-state index contributed by atoms with van der Waals surface area (Å²) in [6.45, 7) is 18.5. The number of rotatable bonds is 75. The first-order valence-corrected chi connectivity index (χ1v) is 49.3.